The molecule has 1 heterocycles. The largest absolute Gasteiger partial charge is 0.356 e. The van der Waals surface area contributed by atoms with E-state index < -0.39 is 0 Å². The second kappa shape index (κ2) is 7.62. The Bertz CT molecular complexity index is 526. The third kappa shape index (κ3) is 5.08. The molecule has 23 heavy (non-hydrogen) atoms. The van der Waals surface area contributed by atoms with Crippen molar-refractivity contribution in [2.24, 2.45) is 11.3 Å². The zero-order valence-electron chi connectivity index (χ0n) is 14.5. The lowest BCUT2D eigenvalue weighted by Crippen LogP contribution is -2.46. The van der Waals surface area contributed by atoms with E-state index in [1.54, 1.807) is 0 Å². The number of rotatable bonds is 4. The van der Waals surface area contributed by atoms with Gasteiger partial charge in [0.15, 0.2) is 0 Å². The fourth-order valence-electron chi connectivity index (χ4n) is 2.94. The van der Waals surface area contributed by atoms with Crippen LogP contribution in [0.2, 0.25) is 0 Å². The molecule has 0 bridgehead atoms. The minimum atomic E-state index is -0.342. The molecule has 0 spiro atoms. The third-order valence-electron chi connectivity index (χ3n) is 4.35. The Morgan fingerprint density at radius 2 is 1.74 bits per heavy atom. The Balaban J connectivity index is 1.72. The molecule has 2 rings (SSSR count). The van der Waals surface area contributed by atoms with Crippen molar-refractivity contribution in [1.29, 1.82) is 0 Å². The molecule has 1 fully saturated rings. The first-order valence-corrected chi connectivity index (χ1v) is 8.49. The van der Waals surface area contributed by atoms with E-state index >= 15 is 0 Å². The number of nitrogens with zero attached hydrogens (tertiary/aromatic N) is 1. The number of amides is 2. The van der Waals surface area contributed by atoms with Crippen molar-refractivity contribution in [2.75, 3.05) is 19.6 Å². The summed E-state index contributed by atoms with van der Waals surface area (Å²) in [5, 5.41) is 3.03. The molecule has 0 atom stereocenters. The van der Waals surface area contributed by atoms with Crippen LogP contribution in [0, 0.1) is 11.3 Å². The molecule has 0 aromatic heterocycles. The van der Waals surface area contributed by atoms with Crippen LogP contribution >= 0.6 is 0 Å². The SMILES string of the molecule is CC(C)(C)C(=O)N1CCC(C(=O)NCCc2ccccc2)CC1. The monoisotopic (exact) mass is 316 g/mol. The fourth-order valence-corrected chi connectivity index (χ4v) is 2.94. The first-order valence-electron chi connectivity index (χ1n) is 8.49. The van der Waals surface area contributed by atoms with Crippen LogP contribution in [0.15, 0.2) is 30.3 Å². The van der Waals surface area contributed by atoms with E-state index in [1.165, 1.54) is 5.56 Å². The average molecular weight is 316 g/mol. The molecule has 1 saturated heterocycles. The molecule has 1 aromatic carbocycles. The second-order valence-electron chi connectivity index (χ2n) is 7.34. The Kier molecular flexibility index (Phi) is 5.80. The van der Waals surface area contributed by atoms with Crippen LogP contribution in [0.3, 0.4) is 0 Å². The molecule has 1 aliphatic heterocycles. The molecule has 1 aliphatic rings. The summed E-state index contributed by atoms with van der Waals surface area (Å²) >= 11 is 0. The highest BCUT2D eigenvalue weighted by atomic mass is 16.2. The van der Waals surface area contributed by atoms with Crippen LogP contribution in [0.25, 0.3) is 0 Å². The van der Waals surface area contributed by atoms with Crippen LogP contribution in [0.5, 0.6) is 0 Å². The van der Waals surface area contributed by atoms with Gasteiger partial charge in [0, 0.05) is 31.0 Å². The van der Waals surface area contributed by atoms with Gasteiger partial charge in [0.1, 0.15) is 0 Å². The lowest BCUT2D eigenvalue weighted by atomic mass is 9.90. The molecule has 0 unspecified atom stereocenters. The van der Waals surface area contributed by atoms with Gasteiger partial charge >= 0.3 is 0 Å². The van der Waals surface area contributed by atoms with Gasteiger partial charge in [-0.1, -0.05) is 51.1 Å². The summed E-state index contributed by atoms with van der Waals surface area (Å²) < 4.78 is 0. The third-order valence-corrected chi connectivity index (χ3v) is 4.35. The van der Waals surface area contributed by atoms with Gasteiger partial charge in [-0.15, -0.1) is 0 Å². The molecule has 0 aliphatic carbocycles. The van der Waals surface area contributed by atoms with E-state index in [0.717, 1.165) is 19.3 Å². The Labute approximate surface area is 139 Å². The quantitative estimate of drug-likeness (QED) is 0.928. The highest BCUT2D eigenvalue weighted by Crippen LogP contribution is 2.23. The van der Waals surface area contributed by atoms with Gasteiger partial charge in [-0.25, -0.2) is 0 Å². The summed E-state index contributed by atoms with van der Waals surface area (Å²) in [6.45, 7) is 7.87. The van der Waals surface area contributed by atoms with E-state index in [2.05, 4.69) is 17.4 Å². The van der Waals surface area contributed by atoms with Crippen molar-refractivity contribution < 1.29 is 9.59 Å². The van der Waals surface area contributed by atoms with Crippen molar-refractivity contribution in [3.8, 4) is 0 Å². The fraction of sp³-hybridized carbons (Fsp3) is 0.579. The molecule has 1 N–H and O–H groups in total. The first-order chi connectivity index (χ1) is 10.9. The summed E-state index contributed by atoms with van der Waals surface area (Å²) in [7, 11) is 0. The maximum absolute atomic E-state index is 12.3. The maximum atomic E-state index is 12.3. The molecular formula is C19H28N2O2. The number of benzene rings is 1. The molecule has 1 aromatic rings. The van der Waals surface area contributed by atoms with Crippen LogP contribution in [-0.2, 0) is 16.0 Å². The average Bonchev–Trinajstić information content (AvgIpc) is 2.54. The van der Waals surface area contributed by atoms with Crippen molar-refractivity contribution in [1.82, 2.24) is 10.2 Å². The van der Waals surface area contributed by atoms with E-state index in [4.69, 9.17) is 0 Å². The molecule has 4 nitrogen and oxygen atoms in total. The summed E-state index contributed by atoms with van der Waals surface area (Å²) in [5.41, 5.74) is 0.892. The maximum Gasteiger partial charge on any atom is 0.227 e. The predicted molar refractivity (Wildman–Crippen MR) is 91.9 cm³/mol. The highest BCUT2D eigenvalue weighted by Gasteiger charge is 2.32. The van der Waals surface area contributed by atoms with Gasteiger partial charge in [-0.2, -0.15) is 0 Å². The first kappa shape index (κ1) is 17.5. The normalized spacial score (nSPS) is 16.2. The smallest absolute Gasteiger partial charge is 0.227 e. The van der Waals surface area contributed by atoms with Gasteiger partial charge in [0.05, 0.1) is 0 Å². The van der Waals surface area contributed by atoms with Crippen molar-refractivity contribution in [3.63, 3.8) is 0 Å². The number of hydrogen-bond donors (Lipinski definition) is 1. The number of carbonyl (C=O) groups is 2. The van der Waals surface area contributed by atoms with Gasteiger partial charge in [0.25, 0.3) is 0 Å². The number of likely N-dealkylation sites (tertiary alicyclic amines) is 1. The molecule has 0 saturated carbocycles. The van der Waals surface area contributed by atoms with E-state index in [9.17, 15) is 9.59 Å². The van der Waals surface area contributed by atoms with Gasteiger partial charge in [-0.05, 0) is 24.8 Å². The van der Waals surface area contributed by atoms with Crippen LogP contribution in [-0.4, -0.2) is 36.3 Å². The van der Waals surface area contributed by atoms with Crippen LogP contribution in [0.1, 0.15) is 39.2 Å². The minimum absolute atomic E-state index is 0.0368. The summed E-state index contributed by atoms with van der Waals surface area (Å²) in [6, 6.07) is 10.2. The van der Waals surface area contributed by atoms with Crippen molar-refractivity contribution in [2.45, 2.75) is 40.0 Å². The lowest BCUT2D eigenvalue weighted by Gasteiger charge is -2.35. The zero-order chi connectivity index (χ0) is 16.9. The van der Waals surface area contributed by atoms with Crippen LogP contribution < -0.4 is 5.32 Å². The Morgan fingerprint density at radius 3 is 2.30 bits per heavy atom. The molecule has 0 radical (unpaired) electrons. The number of nitrogens with one attached hydrogen (secondary N) is 1. The van der Waals surface area contributed by atoms with E-state index in [1.807, 2.05) is 43.9 Å². The lowest BCUT2D eigenvalue weighted by molar-refractivity contribution is -0.142. The topological polar surface area (TPSA) is 49.4 Å². The van der Waals surface area contributed by atoms with Crippen LogP contribution in [0.4, 0.5) is 0 Å². The van der Waals surface area contributed by atoms with Gasteiger partial charge in [-0.3, -0.25) is 9.59 Å². The molecule has 126 valence electrons. The van der Waals surface area contributed by atoms with Crippen molar-refractivity contribution in [3.05, 3.63) is 35.9 Å². The minimum Gasteiger partial charge on any atom is -0.356 e. The number of carbonyl (C=O) groups excluding carboxylic acids is 2. The van der Waals surface area contributed by atoms with Crippen molar-refractivity contribution >= 4 is 11.8 Å². The predicted octanol–water partition coefficient (Wildman–Crippen LogP) is 2.63. The zero-order valence-corrected chi connectivity index (χ0v) is 14.5. The van der Waals surface area contributed by atoms with Gasteiger partial charge in [0.2, 0.25) is 11.8 Å². The summed E-state index contributed by atoms with van der Waals surface area (Å²) in [4.78, 5) is 26.4. The summed E-state index contributed by atoms with van der Waals surface area (Å²) in [5.74, 6) is 0.346. The van der Waals surface area contributed by atoms with Gasteiger partial charge < -0.3 is 10.2 Å². The highest BCUT2D eigenvalue weighted by molar-refractivity contribution is 5.82. The van der Waals surface area contributed by atoms with E-state index in [0.29, 0.717) is 19.6 Å². The standard InChI is InChI=1S/C19H28N2O2/c1-19(2,3)18(23)21-13-10-16(11-14-21)17(22)20-12-9-15-7-5-4-6-8-15/h4-8,16H,9-14H2,1-3H3,(H,20,22). The molecular weight excluding hydrogens is 288 g/mol. The number of hydrogen-bond acceptors (Lipinski definition) is 2. The number of piperidine rings is 1. The Hall–Kier alpha value is -1.84. The summed E-state index contributed by atoms with van der Waals surface area (Å²) in [6.07, 6.45) is 2.38. The second-order valence-corrected chi connectivity index (χ2v) is 7.34. The molecule has 4 heteroatoms. The van der Waals surface area contributed by atoms with E-state index in [-0.39, 0.29) is 23.1 Å². The molecule has 2 amide bonds. The Morgan fingerprint density at radius 1 is 1.13 bits per heavy atom.